The Bertz CT molecular complexity index is 309. The van der Waals surface area contributed by atoms with Gasteiger partial charge >= 0.3 is 0 Å². The molecule has 2 rings (SSSR count). The van der Waals surface area contributed by atoms with Crippen LogP contribution in [0.25, 0.3) is 0 Å². The quantitative estimate of drug-likeness (QED) is 0.625. The summed E-state index contributed by atoms with van der Waals surface area (Å²) in [6, 6.07) is 0. The number of hydrogen-bond donors (Lipinski definition) is 1. The molecule has 1 N–H and O–H groups in total. The van der Waals surface area contributed by atoms with E-state index in [1.165, 1.54) is 16.7 Å². The fourth-order valence-corrected chi connectivity index (χ4v) is 2.83. The van der Waals surface area contributed by atoms with Crippen molar-refractivity contribution in [2.45, 2.75) is 46.1 Å². The summed E-state index contributed by atoms with van der Waals surface area (Å²) >= 11 is 0. The van der Waals surface area contributed by atoms with Crippen LogP contribution in [-0.4, -0.2) is 11.2 Å². The summed E-state index contributed by atoms with van der Waals surface area (Å²) in [7, 11) is 0. The van der Waals surface area contributed by atoms with Crippen LogP contribution >= 0.6 is 0 Å². The first-order chi connectivity index (χ1) is 6.43. The molecule has 0 spiro atoms. The zero-order valence-electron chi connectivity index (χ0n) is 9.43. The van der Waals surface area contributed by atoms with E-state index in [-0.39, 0.29) is 11.5 Å². The minimum atomic E-state index is -0.246. The Morgan fingerprint density at radius 2 is 2.07 bits per heavy atom. The first-order valence-electron chi connectivity index (χ1n) is 5.52. The molecule has 2 aliphatic rings. The van der Waals surface area contributed by atoms with Gasteiger partial charge in [0.1, 0.15) is 0 Å². The van der Waals surface area contributed by atoms with Gasteiger partial charge in [-0.05, 0) is 41.7 Å². The van der Waals surface area contributed by atoms with Gasteiger partial charge in [-0.15, -0.1) is 0 Å². The fraction of sp³-hybridized carbons (Fsp3) is 0.692. The lowest BCUT2D eigenvalue weighted by Crippen LogP contribution is -2.27. The van der Waals surface area contributed by atoms with Crippen molar-refractivity contribution in [1.29, 1.82) is 0 Å². The molecule has 0 aromatic heterocycles. The fourth-order valence-electron chi connectivity index (χ4n) is 2.83. The van der Waals surface area contributed by atoms with E-state index in [1.54, 1.807) is 0 Å². The van der Waals surface area contributed by atoms with Crippen molar-refractivity contribution in [3.05, 3.63) is 23.3 Å². The SMILES string of the molecule is C=C1CC[C@@H](C)C2=C1CC(C)(C)[C@H]2O. The third kappa shape index (κ3) is 1.26. The van der Waals surface area contributed by atoms with E-state index in [9.17, 15) is 5.11 Å². The molecule has 14 heavy (non-hydrogen) atoms. The highest BCUT2D eigenvalue weighted by atomic mass is 16.3. The van der Waals surface area contributed by atoms with E-state index in [1.807, 2.05) is 0 Å². The van der Waals surface area contributed by atoms with Crippen LogP contribution in [0.2, 0.25) is 0 Å². The van der Waals surface area contributed by atoms with Gasteiger partial charge in [0, 0.05) is 0 Å². The summed E-state index contributed by atoms with van der Waals surface area (Å²) < 4.78 is 0. The molecular weight excluding hydrogens is 172 g/mol. The molecule has 1 nitrogen and oxygen atoms in total. The summed E-state index contributed by atoms with van der Waals surface area (Å²) in [5.41, 5.74) is 3.95. The number of allylic oxidation sites excluding steroid dienone is 2. The van der Waals surface area contributed by atoms with Crippen molar-refractivity contribution in [2.24, 2.45) is 11.3 Å². The maximum absolute atomic E-state index is 10.2. The van der Waals surface area contributed by atoms with Crippen LogP contribution in [-0.2, 0) is 0 Å². The Hall–Kier alpha value is -0.560. The standard InChI is InChI=1S/C13H20O/c1-8-5-6-9(2)11-10(8)7-13(3,4)12(11)14/h9,12,14H,1,5-7H2,2-4H3/t9-,12+/m1/s1. The molecular formula is C13H20O. The van der Waals surface area contributed by atoms with Crippen LogP contribution in [0.3, 0.4) is 0 Å². The highest BCUT2D eigenvalue weighted by molar-refractivity contribution is 5.44. The third-order valence-corrected chi connectivity index (χ3v) is 3.85. The van der Waals surface area contributed by atoms with E-state index in [0.717, 1.165) is 19.3 Å². The Morgan fingerprint density at radius 1 is 1.43 bits per heavy atom. The van der Waals surface area contributed by atoms with E-state index in [0.29, 0.717) is 5.92 Å². The Balaban J connectivity index is 2.42. The van der Waals surface area contributed by atoms with Crippen LogP contribution in [0.1, 0.15) is 40.0 Å². The topological polar surface area (TPSA) is 20.2 Å². The molecule has 0 fully saturated rings. The van der Waals surface area contributed by atoms with Gasteiger partial charge in [-0.2, -0.15) is 0 Å². The van der Waals surface area contributed by atoms with Crippen LogP contribution in [0.5, 0.6) is 0 Å². The normalized spacial score (nSPS) is 36.1. The highest BCUT2D eigenvalue weighted by Crippen LogP contribution is 2.50. The zero-order chi connectivity index (χ0) is 10.5. The number of aliphatic hydroxyl groups excluding tert-OH is 1. The van der Waals surface area contributed by atoms with Gasteiger partial charge < -0.3 is 5.11 Å². The molecule has 78 valence electrons. The predicted molar refractivity (Wildman–Crippen MR) is 59.0 cm³/mol. The lowest BCUT2D eigenvalue weighted by atomic mass is 9.81. The van der Waals surface area contributed by atoms with Crippen LogP contribution in [0, 0.1) is 11.3 Å². The summed E-state index contributed by atoms with van der Waals surface area (Å²) in [6.07, 6.45) is 3.03. The summed E-state index contributed by atoms with van der Waals surface area (Å²) in [5, 5.41) is 10.2. The first-order valence-corrected chi connectivity index (χ1v) is 5.52. The van der Waals surface area contributed by atoms with Crippen molar-refractivity contribution >= 4 is 0 Å². The molecule has 1 heteroatoms. The average Bonchev–Trinajstić information content (AvgIpc) is 2.33. The van der Waals surface area contributed by atoms with E-state index >= 15 is 0 Å². The van der Waals surface area contributed by atoms with Gasteiger partial charge in [0.2, 0.25) is 0 Å². The summed E-state index contributed by atoms with van der Waals surface area (Å²) in [4.78, 5) is 0. The molecule has 2 aliphatic carbocycles. The Morgan fingerprint density at radius 3 is 2.64 bits per heavy atom. The minimum Gasteiger partial charge on any atom is -0.388 e. The van der Waals surface area contributed by atoms with Gasteiger partial charge in [0.25, 0.3) is 0 Å². The average molecular weight is 192 g/mol. The third-order valence-electron chi connectivity index (χ3n) is 3.85. The van der Waals surface area contributed by atoms with Crippen molar-refractivity contribution < 1.29 is 5.11 Å². The highest BCUT2D eigenvalue weighted by Gasteiger charge is 2.43. The largest absolute Gasteiger partial charge is 0.388 e. The van der Waals surface area contributed by atoms with Gasteiger partial charge in [-0.25, -0.2) is 0 Å². The van der Waals surface area contributed by atoms with E-state index in [4.69, 9.17) is 0 Å². The van der Waals surface area contributed by atoms with Gasteiger partial charge in [0.15, 0.2) is 0 Å². The maximum Gasteiger partial charge on any atom is 0.0812 e. The predicted octanol–water partition coefficient (Wildman–Crippen LogP) is 3.06. The Labute approximate surface area is 86.5 Å². The van der Waals surface area contributed by atoms with Crippen molar-refractivity contribution in [3.8, 4) is 0 Å². The maximum atomic E-state index is 10.2. The smallest absolute Gasteiger partial charge is 0.0812 e. The first kappa shape index (κ1) is 9.97. The molecule has 0 aromatic carbocycles. The molecule has 0 aromatic rings. The lowest BCUT2D eigenvalue weighted by Gasteiger charge is -2.28. The van der Waals surface area contributed by atoms with Crippen molar-refractivity contribution in [2.75, 3.05) is 0 Å². The molecule has 0 bridgehead atoms. The van der Waals surface area contributed by atoms with Gasteiger partial charge in [0.05, 0.1) is 6.10 Å². The molecule has 0 saturated heterocycles. The van der Waals surface area contributed by atoms with Crippen LogP contribution in [0.15, 0.2) is 23.3 Å². The molecule has 0 radical (unpaired) electrons. The van der Waals surface area contributed by atoms with Crippen molar-refractivity contribution in [3.63, 3.8) is 0 Å². The van der Waals surface area contributed by atoms with Gasteiger partial charge in [-0.3, -0.25) is 0 Å². The van der Waals surface area contributed by atoms with Crippen molar-refractivity contribution in [1.82, 2.24) is 0 Å². The van der Waals surface area contributed by atoms with E-state index < -0.39 is 0 Å². The second-order valence-electron chi connectivity index (χ2n) is 5.55. The molecule has 0 saturated carbocycles. The monoisotopic (exact) mass is 192 g/mol. The number of rotatable bonds is 0. The second-order valence-corrected chi connectivity index (χ2v) is 5.55. The summed E-state index contributed by atoms with van der Waals surface area (Å²) in [6.45, 7) is 10.6. The number of hydrogen-bond acceptors (Lipinski definition) is 1. The molecule has 0 heterocycles. The number of aliphatic hydroxyl groups is 1. The van der Waals surface area contributed by atoms with Crippen LogP contribution < -0.4 is 0 Å². The molecule has 2 atom stereocenters. The van der Waals surface area contributed by atoms with Gasteiger partial charge in [-0.1, -0.05) is 32.9 Å². The van der Waals surface area contributed by atoms with Crippen LogP contribution in [0.4, 0.5) is 0 Å². The molecule has 0 amide bonds. The second kappa shape index (κ2) is 2.96. The Kier molecular flexibility index (Phi) is 2.11. The zero-order valence-corrected chi connectivity index (χ0v) is 9.43. The summed E-state index contributed by atoms with van der Waals surface area (Å²) in [5.74, 6) is 0.548. The minimum absolute atomic E-state index is 0.0200. The van der Waals surface area contributed by atoms with E-state index in [2.05, 4.69) is 27.4 Å². The molecule has 0 unspecified atom stereocenters. The lowest BCUT2D eigenvalue weighted by molar-refractivity contribution is 0.0900. The molecule has 0 aliphatic heterocycles.